The lowest BCUT2D eigenvalue weighted by atomic mass is 10.1. The third-order valence-electron chi connectivity index (χ3n) is 5.23. The zero-order valence-corrected chi connectivity index (χ0v) is 15.8. The fourth-order valence-corrected chi connectivity index (χ4v) is 3.71. The summed E-state index contributed by atoms with van der Waals surface area (Å²) in [6.07, 6.45) is 3.64. The number of nitrogens with one attached hydrogen (secondary N) is 2. The number of imide groups is 1. The molecule has 0 spiro atoms. The Bertz CT molecular complexity index is 953. The Morgan fingerprint density at radius 1 is 1.25 bits per heavy atom. The normalized spacial score (nSPS) is 19.8. The predicted octanol–water partition coefficient (Wildman–Crippen LogP) is 0.231. The van der Waals surface area contributed by atoms with Gasteiger partial charge in [0, 0.05) is 51.8 Å². The van der Waals surface area contributed by atoms with Gasteiger partial charge in [-0.1, -0.05) is 0 Å². The average molecular weight is 382 g/mol. The van der Waals surface area contributed by atoms with E-state index in [4.69, 9.17) is 0 Å². The molecule has 1 aromatic heterocycles. The number of aromatic nitrogens is 2. The lowest BCUT2D eigenvalue weighted by Gasteiger charge is -2.35. The summed E-state index contributed by atoms with van der Waals surface area (Å²) in [4.78, 5) is 44.3. The number of imidazole rings is 1. The Kier molecular flexibility index (Phi) is 4.70. The van der Waals surface area contributed by atoms with Gasteiger partial charge in [-0.15, -0.1) is 0 Å². The van der Waals surface area contributed by atoms with Gasteiger partial charge in [0.05, 0.1) is 23.7 Å². The van der Waals surface area contributed by atoms with E-state index in [1.165, 1.54) is 7.05 Å². The van der Waals surface area contributed by atoms with E-state index in [0.717, 1.165) is 30.4 Å². The third-order valence-corrected chi connectivity index (χ3v) is 5.23. The molecule has 0 bridgehead atoms. The zero-order chi connectivity index (χ0) is 19.8. The Morgan fingerprint density at radius 2 is 2.04 bits per heavy atom. The SMILES string of the molecule is CN1C(=O)c2ccc(NC(=O)CN3CCNCC3c3nccn3C)cc2C1=O. The summed E-state index contributed by atoms with van der Waals surface area (Å²) in [6, 6.07) is 4.79. The summed E-state index contributed by atoms with van der Waals surface area (Å²) < 4.78 is 1.96. The maximum atomic E-state index is 12.6. The van der Waals surface area contributed by atoms with Gasteiger partial charge in [0.15, 0.2) is 0 Å². The van der Waals surface area contributed by atoms with Gasteiger partial charge < -0.3 is 15.2 Å². The Hall–Kier alpha value is -3.04. The average Bonchev–Trinajstić information content (AvgIpc) is 3.20. The van der Waals surface area contributed by atoms with Crippen molar-refractivity contribution in [3.05, 3.63) is 47.5 Å². The molecule has 0 aliphatic carbocycles. The largest absolute Gasteiger partial charge is 0.337 e. The number of carbonyl (C=O) groups excluding carboxylic acids is 3. The molecule has 1 unspecified atom stereocenters. The number of nitrogens with zero attached hydrogens (tertiary/aromatic N) is 4. The molecule has 9 heteroatoms. The first kappa shape index (κ1) is 18.3. The van der Waals surface area contributed by atoms with Gasteiger partial charge in [-0.3, -0.25) is 24.2 Å². The molecular formula is C19H22N6O3. The number of fused-ring (bicyclic) bond motifs is 1. The second kappa shape index (κ2) is 7.17. The highest BCUT2D eigenvalue weighted by Crippen LogP contribution is 2.25. The van der Waals surface area contributed by atoms with Crippen molar-refractivity contribution >= 4 is 23.4 Å². The van der Waals surface area contributed by atoms with Crippen LogP contribution in [0.4, 0.5) is 5.69 Å². The minimum atomic E-state index is -0.354. The Morgan fingerprint density at radius 3 is 2.79 bits per heavy atom. The number of amides is 3. The standard InChI is InChI=1S/C19H22N6O3/c1-23-7-6-21-17(23)15-10-20-5-8-25(15)11-16(26)22-12-3-4-13-14(9-12)19(28)24(2)18(13)27/h3-4,6-7,9,15,20H,5,8,10-11H2,1-2H3,(H,22,26). The molecule has 0 radical (unpaired) electrons. The van der Waals surface area contributed by atoms with E-state index in [0.29, 0.717) is 16.8 Å². The Balaban J connectivity index is 1.47. The molecule has 1 saturated heterocycles. The molecule has 3 heterocycles. The first-order valence-corrected chi connectivity index (χ1v) is 9.14. The molecule has 0 saturated carbocycles. The lowest BCUT2D eigenvalue weighted by Crippen LogP contribution is -2.49. The second-order valence-electron chi connectivity index (χ2n) is 7.06. The van der Waals surface area contributed by atoms with E-state index in [2.05, 4.69) is 20.5 Å². The molecule has 2 N–H and O–H groups in total. The highest BCUT2D eigenvalue weighted by atomic mass is 16.2. The number of aryl methyl sites for hydroxylation is 1. The summed E-state index contributed by atoms with van der Waals surface area (Å²) in [7, 11) is 3.39. The topological polar surface area (TPSA) is 99.6 Å². The van der Waals surface area contributed by atoms with E-state index in [-0.39, 0.29) is 30.3 Å². The predicted molar refractivity (Wildman–Crippen MR) is 102 cm³/mol. The van der Waals surface area contributed by atoms with Crippen LogP contribution < -0.4 is 10.6 Å². The molecule has 28 heavy (non-hydrogen) atoms. The van der Waals surface area contributed by atoms with E-state index in [9.17, 15) is 14.4 Å². The minimum absolute atomic E-state index is 0.00682. The molecule has 3 amide bonds. The van der Waals surface area contributed by atoms with Crippen molar-refractivity contribution in [2.24, 2.45) is 7.05 Å². The molecule has 1 aromatic carbocycles. The molecule has 146 valence electrons. The van der Waals surface area contributed by atoms with Crippen molar-refractivity contribution in [2.75, 3.05) is 38.5 Å². The van der Waals surface area contributed by atoms with Crippen LogP contribution >= 0.6 is 0 Å². The summed E-state index contributed by atoms with van der Waals surface area (Å²) in [5.74, 6) is 0.0560. The fraction of sp³-hybridized carbons (Fsp3) is 0.368. The third kappa shape index (κ3) is 3.19. The number of piperazine rings is 1. The fourth-order valence-electron chi connectivity index (χ4n) is 3.71. The van der Waals surface area contributed by atoms with Crippen molar-refractivity contribution in [1.29, 1.82) is 0 Å². The van der Waals surface area contributed by atoms with Crippen LogP contribution in [-0.2, 0) is 11.8 Å². The van der Waals surface area contributed by atoms with Gasteiger partial charge in [-0.25, -0.2) is 4.98 Å². The molecule has 4 rings (SSSR count). The second-order valence-corrected chi connectivity index (χ2v) is 7.06. The highest BCUT2D eigenvalue weighted by molar-refractivity contribution is 6.21. The summed E-state index contributed by atoms with van der Waals surface area (Å²) in [5, 5.41) is 6.18. The van der Waals surface area contributed by atoms with Crippen LogP contribution in [0, 0.1) is 0 Å². The van der Waals surface area contributed by atoms with Crippen LogP contribution in [0.1, 0.15) is 32.6 Å². The molecule has 1 fully saturated rings. The molecule has 2 aromatic rings. The summed E-state index contributed by atoms with van der Waals surface area (Å²) in [6.45, 7) is 2.46. The van der Waals surface area contributed by atoms with Crippen LogP contribution in [0.3, 0.4) is 0 Å². The number of carbonyl (C=O) groups is 3. The van der Waals surface area contributed by atoms with Crippen molar-refractivity contribution in [2.45, 2.75) is 6.04 Å². The maximum absolute atomic E-state index is 12.6. The van der Waals surface area contributed by atoms with Crippen molar-refractivity contribution < 1.29 is 14.4 Å². The molecule has 9 nitrogen and oxygen atoms in total. The van der Waals surface area contributed by atoms with E-state index in [1.54, 1.807) is 24.4 Å². The zero-order valence-electron chi connectivity index (χ0n) is 15.8. The number of hydrogen-bond donors (Lipinski definition) is 2. The first-order valence-electron chi connectivity index (χ1n) is 9.14. The van der Waals surface area contributed by atoms with E-state index < -0.39 is 0 Å². The number of anilines is 1. The molecule has 2 aliphatic heterocycles. The van der Waals surface area contributed by atoms with Gasteiger partial charge in [0.1, 0.15) is 5.82 Å². The first-order chi connectivity index (χ1) is 13.5. The summed E-state index contributed by atoms with van der Waals surface area (Å²) in [5.41, 5.74) is 1.18. The summed E-state index contributed by atoms with van der Waals surface area (Å²) >= 11 is 0. The lowest BCUT2D eigenvalue weighted by molar-refractivity contribution is -0.118. The highest BCUT2D eigenvalue weighted by Gasteiger charge is 2.33. The van der Waals surface area contributed by atoms with Crippen LogP contribution in [0.15, 0.2) is 30.6 Å². The smallest absolute Gasteiger partial charge is 0.261 e. The quantitative estimate of drug-likeness (QED) is 0.735. The molecule has 1 atom stereocenters. The Labute approximate surface area is 162 Å². The number of hydrogen-bond acceptors (Lipinski definition) is 6. The van der Waals surface area contributed by atoms with Crippen LogP contribution in [0.25, 0.3) is 0 Å². The van der Waals surface area contributed by atoms with Crippen molar-refractivity contribution in [3.8, 4) is 0 Å². The van der Waals surface area contributed by atoms with Crippen molar-refractivity contribution in [3.63, 3.8) is 0 Å². The minimum Gasteiger partial charge on any atom is -0.337 e. The van der Waals surface area contributed by atoms with Crippen molar-refractivity contribution in [1.82, 2.24) is 24.7 Å². The van der Waals surface area contributed by atoms with Crippen LogP contribution in [-0.4, -0.2) is 70.3 Å². The van der Waals surface area contributed by atoms with E-state index in [1.807, 2.05) is 17.8 Å². The van der Waals surface area contributed by atoms with Crippen LogP contribution in [0.5, 0.6) is 0 Å². The maximum Gasteiger partial charge on any atom is 0.261 e. The molecule has 2 aliphatic rings. The van der Waals surface area contributed by atoms with Gasteiger partial charge >= 0.3 is 0 Å². The van der Waals surface area contributed by atoms with Gasteiger partial charge in [0.2, 0.25) is 5.91 Å². The monoisotopic (exact) mass is 382 g/mol. The van der Waals surface area contributed by atoms with Gasteiger partial charge in [-0.2, -0.15) is 0 Å². The number of benzene rings is 1. The van der Waals surface area contributed by atoms with Crippen LogP contribution in [0.2, 0.25) is 0 Å². The van der Waals surface area contributed by atoms with E-state index >= 15 is 0 Å². The van der Waals surface area contributed by atoms with Gasteiger partial charge in [-0.05, 0) is 18.2 Å². The molecular weight excluding hydrogens is 360 g/mol. The van der Waals surface area contributed by atoms with Gasteiger partial charge in [0.25, 0.3) is 11.8 Å². The number of rotatable bonds is 4.